The van der Waals surface area contributed by atoms with E-state index in [1.54, 1.807) is 24.3 Å². The van der Waals surface area contributed by atoms with Crippen molar-refractivity contribution in [1.29, 1.82) is 0 Å². The lowest BCUT2D eigenvalue weighted by Gasteiger charge is -2.08. The number of carbonyl (C=O) groups excluding carboxylic acids is 1. The molecule has 0 radical (unpaired) electrons. The van der Waals surface area contributed by atoms with Gasteiger partial charge < -0.3 is 10.1 Å². The first-order chi connectivity index (χ1) is 10.5. The van der Waals surface area contributed by atoms with E-state index >= 15 is 0 Å². The topological polar surface area (TPSA) is 81.5 Å². The van der Waals surface area contributed by atoms with E-state index in [2.05, 4.69) is 5.32 Å². The Balaban J connectivity index is 1.94. The molecule has 8 heteroatoms. The van der Waals surface area contributed by atoms with Crippen LogP contribution in [0.15, 0.2) is 42.5 Å². The molecule has 0 aliphatic carbocycles. The first-order valence-corrected chi connectivity index (χ1v) is 6.45. The van der Waals surface area contributed by atoms with Crippen molar-refractivity contribution in [3.63, 3.8) is 0 Å². The molecule has 1 N–H and O–H groups in total. The number of nitrogens with one attached hydrogen (secondary N) is 1. The summed E-state index contributed by atoms with van der Waals surface area (Å²) in [5.74, 6) is -1.48. The van der Waals surface area contributed by atoms with Gasteiger partial charge in [-0.05, 0) is 24.3 Å². The number of amides is 1. The van der Waals surface area contributed by atoms with Crippen LogP contribution in [0.1, 0.15) is 0 Å². The van der Waals surface area contributed by atoms with E-state index in [9.17, 15) is 19.3 Å². The summed E-state index contributed by atoms with van der Waals surface area (Å²) in [5.41, 5.74) is -0.160. The lowest BCUT2D eigenvalue weighted by Crippen LogP contribution is -2.20. The van der Waals surface area contributed by atoms with E-state index in [0.29, 0.717) is 10.7 Å². The van der Waals surface area contributed by atoms with Gasteiger partial charge in [-0.25, -0.2) is 0 Å². The summed E-state index contributed by atoms with van der Waals surface area (Å²) in [4.78, 5) is 21.3. The van der Waals surface area contributed by atoms with Crippen molar-refractivity contribution >= 4 is 28.9 Å². The van der Waals surface area contributed by atoms with Crippen LogP contribution in [0.5, 0.6) is 5.75 Å². The summed E-state index contributed by atoms with van der Waals surface area (Å²) in [5, 5.41) is 13.5. The Kier molecular flexibility index (Phi) is 4.90. The molecule has 0 fully saturated rings. The van der Waals surface area contributed by atoms with Gasteiger partial charge in [-0.3, -0.25) is 14.9 Å². The van der Waals surface area contributed by atoms with Gasteiger partial charge >= 0.3 is 5.69 Å². The Hall–Kier alpha value is -2.67. The molecule has 0 bridgehead atoms. The van der Waals surface area contributed by atoms with Gasteiger partial charge in [0.2, 0.25) is 5.82 Å². The van der Waals surface area contributed by atoms with E-state index in [-0.39, 0.29) is 12.4 Å². The molecule has 114 valence electrons. The van der Waals surface area contributed by atoms with Crippen molar-refractivity contribution in [1.82, 2.24) is 0 Å². The van der Waals surface area contributed by atoms with Crippen LogP contribution in [0, 0.1) is 15.9 Å². The third-order valence-electron chi connectivity index (χ3n) is 2.59. The second-order valence-corrected chi connectivity index (χ2v) is 4.65. The maximum atomic E-state index is 13.4. The van der Waals surface area contributed by atoms with Crippen LogP contribution < -0.4 is 10.1 Å². The van der Waals surface area contributed by atoms with Gasteiger partial charge in [0.1, 0.15) is 5.75 Å². The van der Waals surface area contributed by atoms with Crippen molar-refractivity contribution in [3.05, 3.63) is 63.4 Å². The highest BCUT2D eigenvalue weighted by molar-refractivity contribution is 6.30. The summed E-state index contributed by atoms with van der Waals surface area (Å²) in [6, 6.07) is 9.58. The Labute approximate surface area is 129 Å². The Morgan fingerprint density at radius 2 is 2.09 bits per heavy atom. The first kappa shape index (κ1) is 15.7. The van der Waals surface area contributed by atoms with Crippen LogP contribution in [0.4, 0.5) is 15.8 Å². The van der Waals surface area contributed by atoms with E-state index in [1.807, 2.05) is 0 Å². The number of benzene rings is 2. The van der Waals surface area contributed by atoms with Crippen molar-refractivity contribution in [2.24, 2.45) is 0 Å². The maximum Gasteiger partial charge on any atom is 0.305 e. The molecular weight excluding hydrogens is 315 g/mol. The summed E-state index contributed by atoms with van der Waals surface area (Å²) in [6.07, 6.45) is 0. The Bertz CT molecular complexity index is 724. The summed E-state index contributed by atoms with van der Waals surface area (Å²) in [6.45, 7) is -0.371. The number of hydrogen-bond acceptors (Lipinski definition) is 4. The third-order valence-corrected chi connectivity index (χ3v) is 2.83. The minimum Gasteiger partial charge on any atom is -0.484 e. The standard InChI is InChI=1S/C14H10ClFN2O4/c15-9-2-1-3-10(6-9)17-14(19)8-22-11-4-5-13(18(20)21)12(16)7-11/h1-7H,8H2,(H,17,19). The van der Waals surface area contributed by atoms with E-state index in [1.165, 1.54) is 6.07 Å². The number of carbonyl (C=O) groups is 1. The van der Waals surface area contributed by atoms with Crippen LogP contribution >= 0.6 is 11.6 Å². The molecule has 0 atom stereocenters. The predicted molar refractivity (Wildman–Crippen MR) is 78.6 cm³/mol. The van der Waals surface area contributed by atoms with Gasteiger partial charge in [-0.2, -0.15) is 4.39 Å². The van der Waals surface area contributed by atoms with Gasteiger partial charge in [0, 0.05) is 22.8 Å². The number of hydrogen-bond donors (Lipinski definition) is 1. The Morgan fingerprint density at radius 1 is 1.32 bits per heavy atom. The van der Waals surface area contributed by atoms with E-state index < -0.39 is 22.3 Å². The highest BCUT2D eigenvalue weighted by Crippen LogP contribution is 2.22. The average Bonchev–Trinajstić information content (AvgIpc) is 2.45. The van der Waals surface area contributed by atoms with Crippen LogP contribution in [0.25, 0.3) is 0 Å². The number of nitro benzene ring substituents is 1. The first-order valence-electron chi connectivity index (χ1n) is 6.08. The third kappa shape index (κ3) is 4.16. The molecule has 0 saturated heterocycles. The summed E-state index contributed by atoms with van der Waals surface area (Å²) >= 11 is 5.78. The van der Waals surface area contributed by atoms with Crippen molar-refractivity contribution in [2.75, 3.05) is 11.9 Å². The second-order valence-electron chi connectivity index (χ2n) is 4.22. The number of nitrogens with zero attached hydrogens (tertiary/aromatic N) is 1. The SMILES string of the molecule is O=C(COc1ccc([N+](=O)[O-])c(F)c1)Nc1cccc(Cl)c1. The van der Waals surface area contributed by atoms with Gasteiger partial charge in [0.25, 0.3) is 5.91 Å². The molecule has 6 nitrogen and oxygen atoms in total. The normalized spacial score (nSPS) is 10.1. The monoisotopic (exact) mass is 324 g/mol. The lowest BCUT2D eigenvalue weighted by atomic mass is 10.3. The van der Waals surface area contributed by atoms with Crippen molar-refractivity contribution in [3.8, 4) is 5.75 Å². The zero-order valence-corrected chi connectivity index (χ0v) is 11.8. The van der Waals surface area contributed by atoms with Gasteiger partial charge in [-0.1, -0.05) is 17.7 Å². The second kappa shape index (κ2) is 6.86. The molecule has 0 heterocycles. The molecule has 0 aliphatic rings. The molecule has 0 spiro atoms. The quantitative estimate of drug-likeness (QED) is 0.675. The van der Waals surface area contributed by atoms with Gasteiger partial charge in [0.05, 0.1) is 4.92 Å². The number of anilines is 1. The van der Waals surface area contributed by atoms with Gasteiger partial charge in [-0.15, -0.1) is 0 Å². The predicted octanol–water partition coefficient (Wildman–Crippen LogP) is 3.40. The lowest BCUT2D eigenvalue weighted by molar-refractivity contribution is -0.387. The molecule has 2 aromatic carbocycles. The zero-order valence-electron chi connectivity index (χ0n) is 11.1. The van der Waals surface area contributed by atoms with Crippen molar-refractivity contribution in [2.45, 2.75) is 0 Å². The molecule has 0 aromatic heterocycles. The molecular formula is C14H10ClFN2O4. The summed E-state index contributed by atoms with van der Waals surface area (Å²) < 4.78 is 18.5. The fourth-order valence-electron chi connectivity index (χ4n) is 1.64. The number of rotatable bonds is 5. The molecule has 2 aromatic rings. The molecule has 1 amide bonds. The van der Waals surface area contributed by atoms with Crippen LogP contribution in [-0.4, -0.2) is 17.4 Å². The van der Waals surface area contributed by atoms with Crippen LogP contribution in [0.2, 0.25) is 5.02 Å². The number of halogens is 2. The number of nitro groups is 1. The highest BCUT2D eigenvalue weighted by atomic mass is 35.5. The number of ether oxygens (including phenoxy) is 1. The van der Waals surface area contributed by atoms with Gasteiger partial charge in [0.15, 0.2) is 6.61 Å². The zero-order chi connectivity index (χ0) is 16.1. The minimum absolute atomic E-state index is 0.0179. The molecule has 0 aliphatic heterocycles. The minimum atomic E-state index is -1.03. The average molecular weight is 325 g/mol. The van der Waals surface area contributed by atoms with Crippen LogP contribution in [-0.2, 0) is 4.79 Å². The fourth-order valence-corrected chi connectivity index (χ4v) is 1.83. The van der Waals surface area contributed by atoms with Crippen molar-refractivity contribution < 1.29 is 18.8 Å². The molecule has 0 saturated carbocycles. The molecule has 2 rings (SSSR count). The fraction of sp³-hybridized carbons (Fsp3) is 0.0714. The van der Waals surface area contributed by atoms with Crippen LogP contribution in [0.3, 0.4) is 0 Å². The largest absolute Gasteiger partial charge is 0.484 e. The summed E-state index contributed by atoms with van der Waals surface area (Å²) in [7, 11) is 0. The maximum absolute atomic E-state index is 13.4. The Morgan fingerprint density at radius 3 is 2.73 bits per heavy atom. The smallest absolute Gasteiger partial charge is 0.305 e. The highest BCUT2D eigenvalue weighted by Gasteiger charge is 2.14. The molecule has 22 heavy (non-hydrogen) atoms. The van der Waals surface area contributed by atoms with E-state index in [0.717, 1.165) is 12.1 Å². The molecule has 0 unspecified atom stereocenters. The van der Waals surface area contributed by atoms with E-state index in [4.69, 9.17) is 16.3 Å².